The van der Waals surface area contributed by atoms with Crippen molar-refractivity contribution in [2.24, 2.45) is 0 Å². The Hall–Kier alpha value is -2.42. The van der Waals surface area contributed by atoms with E-state index in [1.807, 2.05) is 0 Å². The van der Waals surface area contributed by atoms with E-state index in [0.717, 1.165) is 42.4 Å². The number of hydrogen-bond acceptors (Lipinski definition) is 4. The lowest BCUT2D eigenvalue weighted by Crippen LogP contribution is -2.39. The van der Waals surface area contributed by atoms with Gasteiger partial charge < -0.3 is 10.1 Å². The highest BCUT2D eigenvalue weighted by atomic mass is 19.4. The van der Waals surface area contributed by atoms with Gasteiger partial charge in [-0.2, -0.15) is 13.2 Å². The van der Waals surface area contributed by atoms with Crippen molar-refractivity contribution in [1.29, 1.82) is 0 Å². The standard InChI is InChI=1S/C17H19F3N4O2/c1-26-12-4-2-11(3-5-12)22-16(25)14-7-6-13(17(18,19)20)15(23-14)24-9-8-21-10-24/h6-12H,2-5H2,1H3,(H,22,25). The molecule has 6 nitrogen and oxygen atoms in total. The summed E-state index contributed by atoms with van der Waals surface area (Å²) in [4.78, 5) is 20.1. The lowest BCUT2D eigenvalue weighted by Gasteiger charge is -2.28. The smallest absolute Gasteiger partial charge is 0.381 e. The summed E-state index contributed by atoms with van der Waals surface area (Å²) in [5.74, 6) is -0.855. The third-order valence-corrected chi connectivity index (χ3v) is 4.50. The van der Waals surface area contributed by atoms with Crippen LogP contribution in [-0.4, -0.2) is 39.7 Å². The third kappa shape index (κ3) is 4.04. The van der Waals surface area contributed by atoms with Gasteiger partial charge in [0.2, 0.25) is 0 Å². The molecule has 1 aliphatic rings. The normalized spacial score (nSPS) is 20.8. The maximum absolute atomic E-state index is 13.2. The van der Waals surface area contributed by atoms with Crippen molar-refractivity contribution in [2.75, 3.05) is 7.11 Å². The maximum atomic E-state index is 13.2. The summed E-state index contributed by atoms with van der Waals surface area (Å²) < 4.78 is 46.1. The first kappa shape index (κ1) is 18.4. The van der Waals surface area contributed by atoms with Crippen LogP contribution in [0.5, 0.6) is 0 Å². The van der Waals surface area contributed by atoms with Crippen LogP contribution in [0.4, 0.5) is 13.2 Å². The quantitative estimate of drug-likeness (QED) is 0.901. The van der Waals surface area contributed by atoms with Crippen molar-refractivity contribution < 1.29 is 22.7 Å². The topological polar surface area (TPSA) is 69.0 Å². The molecule has 0 bridgehead atoms. The molecule has 3 rings (SSSR count). The van der Waals surface area contributed by atoms with Gasteiger partial charge in [-0.25, -0.2) is 9.97 Å². The summed E-state index contributed by atoms with van der Waals surface area (Å²) >= 11 is 0. The number of ether oxygens (including phenoxy) is 1. The van der Waals surface area contributed by atoms with Gasteiger partial charge in [-0.05, 0) is 37.8 Å². The molecule has 0 aliphatic heterocycles. The van der Waals surface area contributed by atoms with Crippen molar-refractivity contribution >= 4 is 5.91 Å². The highest BCUT2D eigenvalue weighted by Crippen LogP contribution is 2.33. The molecule has 26 heavy (non-hydrogen) atoms. The zero-order valence-electron chi connectivity index (χ0n) is 14.2. The first-order chi connectivity index (χ1) is 12.4. The molecule has 1 amide bonds. The fourth-order valence-electron chi connectivity index (χ4n) is 3.08. The largest absolute Gasteiger partial charge is 0.419 e. The van der Waals surface area contributed by atoms with E-state index in [4.69, 9.17) is 4.74 Å². The van der Waals surface area contributed by atoms with Gasteiger partial charge in [0.1, 0.15) is 12.0 Å². The van der Waals surface area contributed by atoms with E-state index in [-0.39, 0.29) is 23.7 Å². The first-order valence-corrected chi connectivity index (χ1v) is 8.28. The molecule has 0 radical (unpaired) electrons. The number of nitrogens with one attached hydrogen (secondary N) is 1. The summed E-state index contributed by atoms with van der Waals surface area (Å²) in [5.41, 5.74) is -0.983. The molecule has 140 valence electrons. The second-order valence-electron chi connectivity index (χ2n) is 6.22. The van der Waals surface area contributed by atoms with Gasteiger partial charge in [0.25, 0.3) is 5.91 Å². The molecule has 9 heteroatoms. The van der Waals surface area contributed by atoms with Gasteiger partial charge in [-0.3, -0.25) is 9.36 Å². The van der Waals surface area contributed by atoms with Gasteiger partial charge in [-0.1, -0.05) is 0 Å². The minimum Gasteiger partial charge on any atom is -0.381 e. The number of carbonyl (C=O) groups excluding carboxylic acids is 1. The number of hydrogen-bond donors (Lipinski definition) is 1. The number of alkyl halides is 3. The van der Waals surface area contributed by atoms with E-state index in [1.54, 1.807) is 7.11 Å². The van der Waals surface area contributed by atoms with Gasteiger partial charge in [0.15, 0.2) is 5.82 Å². The number of carbonyl (C=O) groups is 1. The highest BCUT2D eigenvalue weighted by Gasteiger charge is 2.35. The van der Waals surface area contributed by atoms with Crippen LogP contribution in [0.1, 0.15) is 41.7 Å². The molecular weight excluding hydrogens is 349 g/mol. The number of imidazole rings is 1. The summed E-state index contributed by atoms with van der Waals surface area (Å²) in [6, 6.07) is 1.94. The molecule has 1 aliphatic carbocycles. The molecule has 0 atom stereocenters. The Balaban J connectivity index is 1.80. The minimum atomic E-state index is -4.58. The Bertz CT molecular complexity index is 754. The van der Waals surface area contributed by atoms with Crippen LogP contribution in [0, 0.1) is 0 Å². The van der Waals surface area contributed by atoms with E-state index in [9.17, 15) is 18.0 Å². The maximum Gasteiger partial charge on any atom is 0.419 e. The Morgan fingerprint density at radius 1 is 1.27 bits per heavy atom. The van der Waals surface area contributed by atoms with Crippen molar-refractivity contribution in [1.82, 2.24) is 19.9 Å². The van der Waals surface area contributed by atoms with Gasteiger partial charge in [0, 0.05) is 25.5 Å². The number of aromatic nitrogens is 3. The number of amides is 1. The monoisotopic (exact) mass is 368 g/mol. The summed E-state index contributed by atoms with van der Waals surface area (Å²) in [6.45, 7) is 0. The molecule has 1 saturated carbocycles. The zero-order valence-corrected chi connectivity index (χ0v) is 14.2. The molecule has 0 aromatic carbocycles. The number of methoxy groups -OCH3 is 1. The molecule has 0 spiro atoms. The molecule has 2 aromatic heterocycles. The molecule has 1 fully saturated rings. The summed E-state index contributed by atoms with van der Waals surface area (Å²) in [6.07, 6.45) is 2.72. The molecule has 0 unspecified atom stereocenters. The number of nitrogens with zero attached hydrogens (tertiary/aromatic N) is 3. The lowest BCUT2D eigenvalue weighted by atomic mass is 9.93. The van der Waals surface area contributed by atoms with Gasteiger partial charge >= 0.3 is 6.18 Å². The third-order valence-electron chi connectivity index (χ3n) is 4.50. The lowest BCUT2D eigenvalue weighted by molar-refractivity contribution is -0.137. The fraction of sp³-hybridized carbons (Fsp3) is 0.471. The number of rotatable bonds is 4. The second-order valence-corrected chi connectivity index (χ2v) is 6.22. The zero-order chi connectivity index (χ0) is 18.7. The van der Waals surface area contributed by atoms with Crippen molar-refractivity contribution in [3.05, 3.63) is 42.1 Å². The van der Waals surface area contributed by atoms with Crippen LogP contribution in [0.3, 0.4) is 0 Å². The molecular formula is C17H19F3N4O2. The Labute approximate surface area is 148 Å². The number of pyridine rings is 1. The second kappa shape index (κ2) is 7.45. The molecule has 1 N–H and O–H groups in total. The minimum absolute atomic E-state index is 0.0327. The van der Waals surface area contributed by atoms with E-state index >= 15 is 0 Å². The molecule has 0 saturated heterocycles. The predicted molar refractivity (Wildman–Crippen MR) is 86.9 cm³/mol. The van der Waals surface area contributed by atoms with Crippen molar-refractivity contribution in [2.45, 2.75) is 44.0 Å². The van der Waals surface area contributed by atoms with Crippen molar-refractivity contribution in [3.63, 3.8) is 0 Å². The van der Waals surface area contributed by atoms with Crippen LogP contribution >= 0.6 is 0 Å². The van der Waals surface area contributed by atoms with Crippen LogP contribution in [-0.2, 0) is 10.9 Å². The van der Waals surface area contributed by atoms with E-state index in [0.29, 0.717) is 0 Å². The molecule has 2 aromatic rings. The highest BCUT2D eigenvalue weighted by molar-refractivity contribution is 5.92. The molecule has 2 heterocycles. The summed E-state index contributed by atoms with van der Waals surface area (Å²) in [5, 5.41) is 2.85. The SMILES string of the molecule is COC1CCC(NC(=O)c2ccc(C(F)(F)F)c(-n3ccnc3)n2)CC1. The average molecular weight is 368 g/mol. The van der Waals surface area contributed by atoms with E-state index in [1.165, 1.54) is 18.7 Å². The fourth-order valence-corrected chi connectivity index (χ4v) is 3.08. The Morgan fingerprint density at radius 3 is 2.58 bits per heavy atom. The van der Waals surface area contributed by atoms with Crippen LogP contribution in [0.15, 0.2) is 30.9 Å². The van der Waals surface area contributed by atoms with Crippen LogP contribution in [0.25, 0.3) is 5.82 Å². The van der Waals surface area contributed by atoms with Crippen LogP contribution < -0.4 is 5.32 Å². The van der Waals surface area contributed by atoms with E-state index < -0.39 is 17.6 Å². The Morgan fingerprint density at radius 2 is 2.00 bits per heavy atom. The average Bonchev–Trinajstić information content (AvgIpc) is 3.15. The number of halogens is 3. The van der Waals surface area contributed by atoms with Crippen LogP contribution in [0.2, 0.25) is 0 Å². The summed E-state index contributed by atoms with van der Waals surface area (Å²) in [7, 11) is 1.66. The van der Waals surface area contributed by atoms with Gasteiger partial charge in [-0.15, -0.1) is 0 Å². The van der Waals surface area contributed by atoms with E-state index in [2.05, 4.69) is 15.3 Å². The Kier molecular flexibility index (Phi) is 5.26. The predicted octanol–water partition coefficient (Wildman–Crippen LogP) is 2.97. The first-order valence-electron chi connectivity index (χ1n) is 8.28. The van der Waals surface area contributed by atoms with Crippen molar-refractivity contribution in [3.8, 4) is 5.82 Å². The van der Waals surface area contributed by atoms with Gasteiger partial charge in [0.05, 0.1) is 11.7 Å².